The lowest BCUT2D eigenvalue weighted by Crippen LogP contribution is -2.60. The molecule has 0 radical (unpaired) electrons. The molecule has 0 aliphatic carbocycles. The maximum atomic E-state index is 12.9. The van der Waals surface area contributed by atoms with E-state index in [-0.39, 0.29) is 17.6 Å². The molecule has 5 heteroatoms. The number of carbonyl (C=O) groups excluding carboxylic acids is 1. The van der Waals surface area contributed by atoms with E-state index in [9.17, 15) is 4.79 Å². The molecule has 148 valence electrons. The smallest absolute Gasteiger partial charge is 0.254 e. The number of ether oxygens (including phenoxy) is 1. The van der Waals surface area contributed by atoms with Crippen LogP contribution in [0.5, 0.6) is 0 Å². The molecule has 0 N–H and O–H groups in total. The highest BCUT2D eigenvalue weighted by molar-refractivity contribution is 5.94. The number of likely N-dealkylation sites (tertiary alicyclic amines) is 1. The molecule has 1 aromatic heterocycles. The molecular weight excluding hydrogens is 350 g/mol. The maximum absolute atomic E-state index is 12.9. The van der Waals surface area contributed by atoms with Crippen molar-refractivity contribution in [2.24, 2.45) is 0 Å². The van der Waals surface area contributed by atoms with Crippen molar-refractivity contribution in [1.82, 2.24) is 14.8 Å². The van der Waals surface area contributed by atoms with Crippen molar-refractivity contribution in [3.8, 4) is 0 Å². The Morgan fingerprint density at radius 3 is 2.68 bits per heavy atom. The number of hydrogen-bond donors (Lipinski definition) is 0. The molecule has 1 aromatic carbocycles. The van der Waals surface area contributed by atoms with E-state index in [1.807, 2.05) is 53.7 Å². The van der Waals surface area contributed by atoms with E-state index >= 15 is 0 Å². The lowest BCUT2D eigenvalue weighted by molar-refractivity contribution is -0.161. The second-order valence-electron chi connectivity index (χ2n) is 8.12. The number of piperidine rings is 1. The minimum absolute atomic E-state index is 0.0726. The Morgan fingerprint density at radius 2 is 1.96 bits per heavy atom. The first-order valence-electron chi connectivity index (χ1n) is 10.3. The molecule has 2 saturated heterocycles. The van der Waals surface area contributed by atoms with E-state index in [1.165, 1.54) is 5.56 Å². The lowest BCUT2D eigenvalue weighted by Gasteiger charge is -2.49. The molecular formula is C23H29N3O2. The first kappa shape index (κ1) is 19.1. The second kappa shape index (κ2) is 8.41. The van der Waals surface area contributed by atoms with Crippen LogP contribution in [0.2, 0.25) is 0 Å². The standard InChI is InChI=1S/C23H29N3O2/c1-19-17-26(22(27)21-7-3-2-4-8-21)18-23(28-19)10-14-25(15-11-23)13-9-20-6-5-12-24-16-20/h2-8,12,16,19H,9-11,13-15,17-18H2,1H3. The van der Waals surface area contributed by atoms with Crippen molar-refractivity contribution in [1.29, 1.82) is 0 Å². The molecule has 0 bridgehead atoms. The Bertz CT molecular complexity index is 773. The third kappa shape index (κ3) is 4.42. The normalized spacial score (nSPS) is 22.3. The SMILES string of the molecule is CC1CN(C(=O)c2ccccc2)CC2(CCN(CCc3cccnc3)CC2)O1. The minimum Gasteiger partial charge on any atom is -0.368 e. The predicted molar refractivity (Wildman–Crippen MR) is 109 cm³/mol. The van der Waals surface area contributed by atoms with Crippen LogP contribution in [0.1, 0.15) is 35.7 Å². The minimum atomic E-state index is -0.201. The van der Waals surface area contributed by atoms with Crippen molar-refractivity contribution in [2.45, 2.75) is 37.9 Å². The topological polar surface area (TPSA) is 45.7 Å². The Labute approximate surface area is 167 Å². The third-order valence-corrected chi connectivity index (χ3v) is 5.92. The van der Waals surface area contributed by atoms with Gasteiger partial charge >= 0.3 is 0 Å². The van der Waals surface area contributed by atoms with Crippen LogP contribution in [0, 0.1) is 0 Å². The van der Waals surface area contributed by atoms with Gasteiger partial charge in [0.2, 0.25) is 0 Å². The number of rotatable bonds is 4. The van der Waals surface area contributed by atoms with E-state index in [0.717, 1.165) is 44.5 Å². The molecule has 1 amide bonds. The molecule has 2 aliphatic heterocycles. The predicted octanol–water partition coefficient (Wildman–Crippen LogP) is 3.02. The number of amides is 1. The van der Waals surface area contributed by atoms with Crippen LogP contribution < -0.4 is 0 Å². The maximum Gasteiger partial charge on any atom is 0.254 e. The first-order valence-corrected chi connectivity index (χ1v) is 10.3. The highest BCUT2D eigenvalue weighted by Crippen LogP contribution is 2.33. The van der Waals surface area contributed by atoms with Gasteiger partial charge in [-0.15, -0.1) is 0 Å². The zero-order valence-corrected chi connectivity index (χ0v) is 16.6. The van der Waals surface area contributed by atoms with Gasteiger partial charge in [-0.05, 0) is 49.9 Å². The summed E-state index contributed by atoms with van der Waals surface area (Å²) in [5.74, 6) is 0.120. The molecule has 2 fully saturated rings. The molecule has 2 aromatic rings. The van der Waals surface area contributed by atoms with E-state index < -0.39 is 0 Å². The molecule has 0 saturated carbocycles. The van der Waals surface area contributed by atoms with Crippen molar-refractivity contribution >= 4 is 5.91 Å². The van der Waals surface area contributed by atoms with Gasteiger partial charge in [0.15, 0.2) is 0 Å². The Morgan fingerprint density at radius 1 is 1.18 bits per heavy atom. The summed E-state index contributed by atoms with van der Waals surface area (Å²) in [7, 11) is 0. The summed E-state index contributed by atoms with van der Waals surface area (Å²) < 4.78 is 6.41. The molecule has 2 aliphatic rings. The number of pyridine rings is 1. The van der Waals surface area contributed by atoms with Gasteiger partial charge in [0, 0.05) is 44.1 Å². The zero-order valence-electron chi connectivity index (χ0n) is 16.6. The van der Waals surface area contributed by atoms with Crippen molar-refractivity contribution < 1.29 is 9.53 Å². The highest BCUT2D eigenvalue weighted by atomic mass is 16.5. The average Bonchev–Trinajstić information content (AvgIpc) is 2.74. The number of benzene rings is 1. The second-order valence-corrected chi connectivity index (χ2v) is 8.12. The van der Waals surface area contributed by atoms with E-state index in [0.29, 0.717) is 13.1 Å². The molecule has 4 rings (SSSR count). The fraction of sp³-hybridized carbons (Fsp3) is 0.478. The van der Waals surface area contributed by atoms with Gasteiger partial charge in [0.05, 0.1) is 18.2 Å². The lowest BCUT2D eigenvalue weighted by atomic mass is 9.88. The number of hydrogen-bond acceptors (Lipinski definition) is 4. The fourth-order valence-corrected chi connectivity index (χ4v) is 4.44. The summed E-state index contributed by atoms with van der Waals surface area (Å²) >= 11 is 0. The van der Waals surface area contributed by atoms with Gasteiger partial charge in [0.25, 0.3) is 5.91 Å². The van der Waals surface area contributed by atoms with Crippen LogP contribution in [0.3, 0.4) is 0 Å². The summed E-state index contributed by atoms with van der Waals surface area (Å²) in [5, 5.41) is 0. The summed E-state index contributed by atoms with van der Waals surface area (Å²) in [5.41, 5.74) is 1.85. The van der Waals surface area contributed by atoms with Crippen LogP contribution in [0.15, 0.2) is 54.9 Å². The van der Waals surface area contributed by atoms with E-state index in [1.54, 1.807) is 0 Å². The van der Waals surface area contributed by atoms with Crippen LogP contribution >= 0.6 is 0 Å². The molecule has 1 atom stereocenters. The highest BCUT2D eigenvalue weighted by Gasteiger charge is 2.43. The Balaban J connectivity index is 1.35. The van der Waals surface area contributed by atoms with Gasteiger partial charge in [-0.3, -0.25) is 9.78 Å². The molecule has 5 nitrogen and oxygen atoms in total. The molecule has 28 heavy (non-hydrogen) atoms. The van der Waals surface area contributed by atoms with Crippen molar-refractivity contribution in [3.05, 3.63) is 66.0 Å². The zero-order chi connectivity index (χ0) is 19.4. The van der Waals surface area contributed by atoms with Gasteiger partial charge in [-0.2, -0.15) is 0 Å². The first-order chi connectivity index (χ1) is 13.6. The third-order valence-electron chi connectivity index (χ3n) is 5.92. The van der Waals surface area contributed by atoms with Crippen LogP contribution in [0.4, 0.5) is 0 Å². The van der Waals surface area contributed by atoms with Gasteiger partial charge in [-0.25, -0.2) is 0 Å². The summed E-state index contributed by atoms with van der Waals surface area (Å²) in [6.07, 6.45) is 6.81. The van der Waals surface area contributed by atoms with Crippen molar-refractivity contribution in [2.75, 3.05) is 32.7 Å². The van der Waals surface area contributed by atoms with Crippen LogP contribution in [-0.4, -0.2) is 65.1 Å². The van der Waals surface area contributed by atoms with Gasteiger partial charge in [-0.1, -0.05) is 24.3 Å². The number of nitrogens with zero attached hydrogens (tertiary/aromatic N) is 3. The number of aromatic nitrogens is 1. The van der Waals surface area contributed by atoms with Gasteiger partial charge in [0.1, 0.15) is 0 Å². The van der Waals surface area contributed by atoms with Crippen LogP contribution in [0.25, 0.3) is 0 Å². The number of carbonyl (C=O) groups is 1. The fourth-order valence-electron chi connectivity index (χ4n) is 4.44. The number of morpholine rings is 1. The van der Waals surface area contributed by atoms with E-state index in [2.05, 4.69) is 22.9 Å². The molecule has 3 heterocycles. The molecule has 1 spiro atoms. The van der Waals surface area contributed by atoms with E-state index in [4.69, 9.17) is 4.74 Å². The average molecular weight is 380 g/mol. The summed E-state index contributed by atoms with van der Waals surface area (Å²) in [6, 6.07) is 13.7. The van der Waals surface area contributed by atoms with Gasteiger partial charge < -0.3 is 14.5 Å². The quantitative estimate of drug-likeness (QED) is 0.819. The Kier molecular flexibility index (Phi) is 5.74. The largest absolute Gasteiger partial charge is 0.368 e. The Hall–Kier alpha value is -2.24. The monoisotopic (exact) mass is 379 g/mol. The van der Waals surface area contributed by atoms with Crippen molar-refractivity contribution in [3.63, 3.8) is 0 Å². The molecule has 1 unspecified atom stereocenters. The summed E-state index contributed by atoms with van der Waals surface area (Å²) in [6.45, 7) is 6.52. The van der Waals surface area contributed by atoms with Crippen LogP contribution in [-0.2, 0) is 11.2 Å². The summed E-state index contributed by atoms with van der Waals surface area (Å²) in [4.78, 5) is 21.6.